The van der Waals surface area contributed by atoms with Crippen LogP contribution in [0.1, 0.15) is 26.2 Å². The zero-order valence-electron chi connectivity index (χ0n) is 9.56. The summed E-state index contributed by atoms with van der Waals surface area (Å²) in [5.41, 5.74) is 0. The van der Waals surface area contributed by atoms with E-state index >= 15 is 0 Å². The molecule has 96 valence electrons. The van der Waals surface area contributed by atoms with Crippen LogP contribution < -0.4 is 0 Å². The molecule has 1 nitrogen and oxygen atoms in total. The van der Waals surface area contributed by atoms with E-state index in [1.54, 1.807) is 0 Å². The van der Waals surface area contributed by atoms with Crippen molar-refractivity contribution in [3.8, 4) is 0 Å². The highest BCUT2D eigenvalue weighted by molar-refractivity contribution is 9.09. The summed E-state index contributed by atoms with van der Waals surface area (Å²) in [7, 11) is 0. The summed E-state index contributed by atoms with van der Waals surface area (Å²) in [5.74, 6) is -0.652. The lowest BCUT2D eigenvalue weighted by Crippen LogP contribution is -2.43. The Morgan fingerprint density at radius 2 is 2.12 bits per heavy atom. The molecule has 1 fully saturated rings. The highest BCUT2D eigenvalue weighted by atomic mass is 79.9. The number of nitrogens with zero attached hydrogens (tertiary/aromatic N) is 1. The topological polar surface area (TPSA) is 3.24 Å². The van der Waals surface area contributed by atoms with Gasteiger partial charge in [0.1, 0.15) is 0 Å². The van der Waals surface area contributed by atoms with Crippen LogP contribution in [-0.4, -0.2) is 36.0 Å². The summed E-state index contributed by atoms with van der Waals surface area (Å²) in [4.78, 5) is 1.97. The van der Waals surface area contributed by atoms with Crippen LogP contribution in [0, 0.1) is 11.8 Å². The van der Waals surface area contributed by atoms with Crippen LogP contribution in [-0.2, 0) is 0 Å². The first kappa shape index (κ1) is 14.3. The van der Waals surface area contributed by atoms with Crippen LogP contribution in [0.2, 0.25) is 0 Å². The summed E-state index contributed by atoms with van der Waals surface area (Å²) < 4.78 is 37.7. The normalized spacial score (nSPS) is 25.7. The minimum atomic E-state index is -4.02. The molecule has 1 aliphatic heterocycles. The van der Waals surface area contributed by atoms with Crippen LogP contribution in [0.3, 0.4) is 0 Å². The zero-order chi connectivity index (χ0) is 12.2. The number of likely N-dealkylation sites (tertiary alicyclic amines) is 1. The Bertz CT molecular complexity index is 204. The lowest BCUT2D eigenvalue weighted by atomic mass is 9.96. The molecule has 1 rings (SSSR count). The van der Waals surface area contributed by atoms with Gasteiger partial charge >= 0.3 is 6.18 Å². The van der Waals surface area contributed by atoms with Gasteiger partial charge in [-0.3, -0.25) is 0 Å². The van der Waals surface area contributed by atoms with E-state index in [9.17, 15) is 13.2 Å². The molecule has 0 aliphatic carbocycles. The van der Waals surface area contributed by atoms with Crippen LogP contribution in [0.15, 0.2) is 0 Å². The number of rotatable bonds is 4. The largest absolute Gasteiger partial charge is 0.393 e. The van der Waals surface area contributed by atoms with Crippen molar-refractivity contribution < 1.29 is 13.2 Å². The molecule has 16 heavy (non-hydrogen) atoms. The standard InChI is InChI=1S/C11H19BrF3N/c1-2-9(6-12)7-16-5-3-4-10(8-16)11(13,14)15/h9-10H,2-8H2,1H3. The highest BCUT2D eigenvalue weighted by Gasteiger charge is 2.41. The first-order valence-electron chi connectivity index (χ1n) is 5.82. The predicted octanol–water partition coefficient (Wildman–Crippen LogP) is 3.68. The van der Waals surface area contributed by atoms with Gasteiger partial charge in [-0.2, -0.15) is 13.2 Å². The Balaban J connectivity index is 2.44. The Kier molecular flexibility index (Phi) is 5.57. The van der Waals surface area contributed by atoms with Crippen LogP contribution in [0.25, 0.3) is 0 Å². The number of alkyl halides is 4. The number of halogens is 4. The molecule has 0 N–H and O–H groups in total. The number of hydrogen-bond donors (Lipinski definition) is 0. The molecular formula is C11H19BrF3N. The molecule has 0 bridgehead atoms. The quantitative estimate of drug-likeness (QED) is 0.716. The van der Waals surface area contributed by atoms with Crippen molar-refractivity contribution in [3.63, 3.8) is 0 Å². The van der Waals surface area contributed by atoms with Gasteiger partial charge in [-0.15, -0.1) is 0 Å². The second-order valence-electron chi connectivity index (χ2n) is 4.57. The second-order valence-corrected chi connectivity index (χ2v) is 5.22. The van der Waals surface area contributed by atoms with E-state index < -0.39 is 12.1 Å². The first-order valence-corrected chi connectivity index (χ1v) is 6.94. The third-order valence-corrected chi connectivity index (χ3v) is 4.20. The van der Waals surface area contributed by atoms with Gasteiger partial charge in [-0.25, -0.2) is 0 Å². The Labute approximate surface area is 104 Å². The van der Waals surface area contributed by atoms with Crippen LogP contribution >= 0.6 is 15.9 Å². The van der Waals surface area contributed by atoms with Gasteiger partial charge in [0.15, 0.2) is 0 Å². The fourth-order valence-electron chi connectivity index (χ4n) is 2.14. The molecule has 5 heteroatoms. The van der Waals surface area contributed by atoms with E-state index in [-0.39, 0.29) is 6.54 Å². The summed E-state index contributed by atoms with van der Waals surface area (Å²) in [6.45, 7) is 3.87. The maximum Gasteiger partial charge on any atom is 0.393 e. The summed E-state index contributed by atoms with van der Waals surface area (Å²) >= 11 is 3.41. The third-order valence-electron chi connectivity index (χ3n) is 3.28. The van der Waals surface area contributed by atoms with E-state index in [1.165, 1.54) is 0 Å². The Morgan fingerprint density at radius 3 is 2.62 bits per heavy atom. The van der Waals surface area contributed by atoms with E-state index in [0.717, 1.165) is 24.8 Å². The number of hydrogen-bond acceptors (Lipinski definition) is 1. The van der Waals surface area contributed by atoms with Crippen molar-refractivity contribution in [2.45, 2.75) is 32.4 Å². The van der Waals surface area contributed by atoms with Crippen molar-refractivity contribution in [2.75, 3.05) is 25.0 Å². The van der Waals surface area contributed by atoms with E-state index in [1.807, 2.05) is 4.90 Å². The van der Waals surface area contributed by atoms with E-state index in [4.69, 9.17) is 0 Å². The average molecular weight is 302 g/mol. The Morgan fingerprint density at radius 1 is 1.44 bits per heavy atom. The van der Waals surface area contributed by atoms with Gasteiger partial charge in [0.25, 0.3) is 0 Å². The maximum atomic E-state index is 12.6. The molecule has 0 aromatic carbocycles. The summed E-state index contributed by atoms with van der Waals surface area (Å²) in [6, 6.07) is 0. The Hall–Kier alpha value is 0.230. The van der Waals surface area contributed by atoms with Gasteiger partial charge in [-0.05, 0) is 25.3 Å². The fraction of sp³-hybridized carbons (Fsp3) is 1.00. The summed E-state index contributed by atoms with van der Waals surface area (Å²) in [5, 5.41) is 0.872. The predicted molar refractivity (Wildman–Crippen MR) is 62.8 cm³/mol. The molecular weight excluding hydrogens is 283 g/mol. The third kappa shape index (κ3) is 4.24. The van der Waals surface area contributed by atoms with E-state index in [0.29, 0.717) is 18.8 Å². The molecule has 0 radical (unpaired) electrons. The SMILES string of the molecule is CCC(CBr)CN1CCCC(C(F)(F)F)C1. The van der Waals surface area contributed by atoms with Crippen molar-refractivity contribution >= 4 is 15.9 Å². The first-order chi connectivity index (χ1) is 7.47. The highest BCUT2D eigenvalue weighted by Crippen LogP contribution is 2.33. The molecule has 0 aromatic heterocycles. The molecule has 0 aromatic rings. The molecule has 2 atom stereocenters. The minimum Gasteiger partial charge on any atom is -0.302 e. The minimum absolute atomic E-state index is 0.188. The number of piperidine rings is 1. The molecule has 1 aliphatic rings. The van der Waals surface area contributed by atoms with Crippen molar-refractivity contribution in [3.05, 3.63) is 0 Å². The van der Waals surface area contributed by atoms with Gasteiger partial charge in [0.05, 0.1) is 5.92 Å². The molecule has 0 saturated carbocycles. The molecule has 0 amide bonds. The van der Waals surface area contributed by atoms with Crippen molar-refractivity contribution in [2.24, 2.45) is 11.8 Å². The van der Waals surface area contributed by atoms with Gasteiger partial charge in [-0.1, -0.05) is 29.3 Å². The molecule has 2 unspecified atom stereocenters. The monoisotopic (exact) mass is 301 g/mol. The lowest BCUT2D eigenvalue weighted by Gasteiger charge is -2.35. The maximum absolute atomic E-state index is 12.6. The average Bonchev–Trinajstić information content (AvgIpc) is 2.25. The van der Waals surface area contributed by atoms with Crippen LogP contribution in [0.4, 0.5) is 13.2 Å². The summed E-state index contributed by atoms with van der Waals surface area (Å²) in [6.07, 6.45) is -2.04. The molecule has 1 saturated heterocycles. The smallest absolute Gasteiger partial charge is 0.302 e. The van der Waals surface area contributed by atoms with E-state index in [2.05, 4.69) is 22.9 Å². The fourth-order valence-corrected chi connectivity index (χ4v) is 2.80. The van der Waals surface area contributed by atoms with Gasteiger partial charge in [0.2, 0.25) is 0 Å². The van der Waals surface area contributed by atoms with Gasteiger partial charge in [0, 0.05) is 18.4 Å². The lowest BCUT2D eigenvalue weighted by molar-refractivity contribution is -0.187. The van der Waals surface area contributed by atoms with Crippen molar-refractivity contribution in [1.82, 2.24) is 4.90 Å². The van der Waals surface area contributed by atoms with Crippen LogP contribution in [0.5, 0.6) is 0 Å². The van der Waals surface area contributed by atoms with Crippen molar-refractivity contribution in [1.29, 1.82) is 0 Å². The molecule has 1 heterocycles. The molecule has 0 spiro atoms. The zero-order valence-corrected chi connectivity index (χ0v) is 11.1. The van der Waals surface area contributed by atoms with Gasteiger partial charge < -0.3 is 4.90 Å². The second kappa shape index (κ2) is 6.24.